The molecule has 1 aromatic heterocycles. The summed E-state index contributed by atoms with van der Waals surface area (Å²) >= 11 is 0. The number of hydrogen-bond donors (Lipinski definition) is 3. The van der Waals surface area contributed by atoms with Crippen LogP contribution in [0.2, 0.25) is 0 Å². The van der Waals surface area contributed by atoms with Gasteiger partial charge in [0, 0.05) is 43.1 Å². The van der Waals surface area contributed by atoms with Crippen LogP contribution in [-0.4, -0.2) is 35.8 Å². The maximum absolute atomic E-state index is 14.6. The summed E-state index contributed by atoms with van der Waals surface area (Å²) in [5.74, 6) is -0.355. The summed E-state index contributed by atoms with van der Waals surface area (Å²) in [4.78, 5) is 16.2. The second-order valence-electron chi connectivity index (χ2n) is 8.16. The first-order valence-corrected chi connectivity index (χ1v) is 9.83. The maximum atomic E-state index is 14.6. The number of halogens is 1. The molecule has 0 aliphatic rings. The average molecular weight is 403 g/mol. The van der Waals surface area contributed by atoms with Crippen LogP contribution in [0.5, 0.6) is 0 Å². The molecule has 7 heteroatoms. The van der Waals surface area contributed by atoms with Gasteiger partial charge in [0.25, 0.3) is 0 Å². The van der Waals surface area contributed by atoms with E-state index in [-0.39, 0.29) is 5.82 Å². The molecule has 1 amide bonds. The van der Waals surface area contributed by atoms with E-state index in [1.54, 1.807) is 39.0 Å². The van der Waals surface area contributed by atoms with Crippen molar-refractivity contribution in [2.75, 3.05) is 18.4 Å². The van der Waals surface area contributed by atoms with Gasteiger partial charge in [-0.15, -0.1) is 0 Å². The lowest BCUT2D eigenvalue weighted by atomic mass is 10.1. The topological polar surface area (TPSA) is 75.3 Å². The molecule has 0 saturated heterocycles. The van der Waals surface area contributed by atoms with Crippen LogP contribution in [0.25, 0.3) is 11.3 Å². The number of pyridine rings is 1. The number of carbonyl (C=O) groups is 1. The van der Waals surface area contributed by atoms with Gasteiger partial charge in [0.2, 0.25) is 0 Å². The number of rotatable bonds is 8. The van der Waals surface area contributed by atoms with Gasteiger partial charge in [0.1, 0.15) is 11.4 Å². The van der Waals surface area contributed by atoms with Gasteiger partial charge in [-0.05, 0) is 50.6 Å². The Morgan fingerprint density at radius 3 is 2.59 bits per heavy atom. The summed E-state index contributed by atoms with van der Waals surface area (Å²) in [7, 11) is 0. The van der Waals surface area contributed by atoms with Gasteiger partial charge in [-0.3, -0.25) is 10.3 Å². The fourth-order valence-corrected chi connectivity index (χ4v) is 2.64. The van der Waals surface area contributed by atoms with Gasteiger partial charge >= 0.3 is 6.09 Å². The summed E-state index contributed by atoms with van der Waals surface area (Å²) in [6, 6.07) is 8.79. The molecular formula is C22H31FN4O2. The quantitative estimate of drug-likeness (QED) is 0.573. The van der Waals surface area contributed by atoms with Crippen molar-refractivity contribution in [3.05, 3.63) is 47.9 Å². The van der Waals surface area contributed by atoms with Crippen LogP contribution in [0.3, 0.4) is 0 Å². The Balaban J connectivity index is 2.00. The Morgan fingerprint density at radius 1 is 1.17 bits per heavy atom. The molecule has 158 valence electrons. The van der Waals surface area contributed by atoms with Crippen LogP contribution >= 0.6 is 0 Å². The van der Waals surface area contributed by atoms with Crippen LogP contribution in [0.1, 0.15) is 40.2 Å². The van der Waals surface area contributed by atoms with Crippen LogP contribution in [0.4, 0.5) is 14.9 Å². The fourth-order valence-electron chi connectivity index (χ4n) is 2.64. The fraction of sp³-hybridized carbons (Fsp3) is 0.455. The van der Waals surface area contributed by atoms with Crippen LogP contribution in [0.15, 0.2) is 36.5 Å². The molecule has 0 unspecified atom stereocenters. The highest BCUT2D eigenvalue weighted by Crippen LogP contribution is 2.24. The van der Waals surface area contributed by atoms with Crippen LogP contribution in [0, 0.1) is 5.82 Å². The predicted molar refractivity (Wildman–Crippen MR) is 114 cm³/mol. The Hall–Kier alpha value is -2.51. The van der Waals surface area contributed by atoms with Crippen LogP contribution in [-0.2, 0) is 11.3 Å². The molecule has 6 nitrogen and oxygen atoms in total. The molecule has 3 N–H and O–H groups in total. The molecule has 29 heavy (non-hydrogen) atoms. The molecule has 0 spiro atoms. The van der Waals surface area contributed by atoms with Crippen molar-refractivity contribution in [1.82, 2.24) is 15.6 Å². The zero-order chi connectivity index (χ0) is 21.4. The number of aromatic nitrogens is 1. The standard InChI is InChI=1S/C22H31FN4O2/c1-15(2)25-11-10-24-14-16-6-7-18(19(23)12-16)20-13-17(8-9-26-20)27-21(28)29-22(3,4)5/h6-9,12-13,15,24-25H,10-11,14H2,1-5H3,(H,26,27,28). The summed E-state index contributed by atoms with van der Waals surface area (Å²) in [5.41, 5.74) is 1.58. The zero-order valence-corrected chi connectivity index (χ0v) is 17.8. The Bertz CT molecular complexity index is 819. The Kier molecular flexibility index (Phi) is 8.10. The molecule has 0 fully saturated rings. The highest BCUT2D eigenvalue weighted by Gasteiger charge is 2.16. The van der Waals surface area contributed by atoms with E-state index >= 15 is 0 Å². The van der Waals surface area contributed by atoms with E-state index < -0.39 is 11.7 Å². The van der Waals surface area contributed by atoms with E-state index in [1.807, 2.05) is 6.07 Å². The number of amides is 1. The molecule has 0 radical (unpaired) electrons. The Morgan fingerprint density at radius 2 is 1.93 bits per heavy atom. The van der Waals surface area contributed by atoms with E-state index in [4.69, 9.17) is 4.74 Å². The number of carbonyl (C=O) groups excluding carboxylic acids is 1. The first kappa shape index (κ1) is 22.8. The highest BCUT2D eigenvalue weighted by molar-refractivity contribution is 5.85. The monoisotopic (exact) mass is 402 g/mol. The largest absolute Gasteiger partial charge is 0.444 e. The molecule has 0 bridgehead atoms. The molecule has 2 rings (SSSR count). The normalized spacial score (nSPS) is 11.6. The molecule has 2 aromatic rings. The third-order valence-corrected chi connectivity index (χ3v) is 3.90. The van der Waals surface area contributed by atoms with Crippen molar-refractivity contribution in [1.29, 1.82) is 0 Å². The Labute approximate surface area is 172 Å². The van der Waals surface area contributed by atoms with Gasteiger partial charge in [-0.25, -0.2) is 9.18 Å². The maximum Gasteiger partial charge on any atom is 0.412 e. The van der Waals surface area contributed by atoms with Crippen molar-refractivity contribution < 1.29 is 13.9 Å². The minimum absolute atomic E-state index is 0.355. The van der Waals surface area contributed by atoms with E-state index in [0.29, 0.717) is 29.5 Å². The summed E-state index contributed by atoms with van der Waals surface area (Å²) in [6.07, 6.45) is 0.960. The van der Waals surface area contributed by atoms with E-state index in [2.05, 4.69) is 34.8 Å². The van der Waals surface area contributed by atoms with Gasteiger partial charge in [0.15, 0.2) is 0 Å². The van der Waals surface area contributed by atoms with Crippen molar-refractivity contribution in [2.45, 2.75) is 52.8 Å². The van der Waals surface area contributed by atoms with E-state index in [0.717, 1.165) is 18.7 Å². The lowest BCUT2D eigenvalue weighted by Crippen LogP contribution is -2.31. The van der Waals surface area contributed by atoms with E-state index in [1.165, 1.54) is 12.3 Å². The molecule has 0 aliphatic carbocycles. The van der Waals surface area contributed by atoms with Crippen molar-refractivity contribution in [2.24, 2.45) is 0 Å². The lowest BCUT2D eigenvalue weighted by Gasteiger charge is -2.19. The van der Waals surface area contributed by atoms with Crippen molar-refractivity contribution in [3.63, 3.8) is 0 Å². The SMILES string of the molecule is CC(C)NCCNCc1ccc(-c2cc(NC(=O)OC(C)(C)C)ccn2)c(F)c1. The number of anilines is 1. The molecule has 0 atom stereocenters. The minimum Gasteiger partial charge on any atom is -0.444 e. The number of nitrogens with zero attached hydrogens (tertiary/aromatic N) is 1. The second-order valence-corrected chi connectivity index (χ2v) is 8.16. The van der Waals surface area contributed by atoms with Crippen LogP contribution < -0.4 is 16.0 Å². The van der Waals surface area contributed by atoms with Crippen molar-refractivity contribution in [3.8, 4) is 11.3 Å². The molecule has 0 saturated carbocycles. The molecular weight excluding hydrogens is 371 g/mol. The number of nitrogens with one attached hydrogen (secondary N) is 3. The summed E-state index contributed by atoms with van der Waals surface area (Å²) < 4.78 is 19.9. The number of ether oxygens (including phenoxy) is 1. The van der Waals surface area contributed by atoms with Gasteiger partial charge < -0.3 is 15.4 Å². The predicted octanol–water partition coefficient (Wildman–Crippen LogP) is 4.32. The molecule has 0 aliphatic heterocycles. The molecule has 1 heterocycles. The third kappa shape index (κ3) is 8.17. The minimum atomic E-state index is -0.596. The smallest absolute Gasteiger partial charge is 0.412 e. The van der Waals surface area contributed by atoms with Gasteiger partial charge in [0.05, 0.1) is 5.69 Å². The third-order valence-electron chi connectivity index (χ3n) is 3.90. The zero-order valence-electron chi connectivity index (χ0n) is 17.8. The number of benzene rings is 1. The first-order chi connectivity index (χ1) is 13.6. The second kappa shape index (κ2) is 10.3. The highest BCUT2D eigenvalue weighted by atomic mass is 19.1. The van der Waals surface area contributed by atoms with Gasteiger partial charge in [-0.2, -0.15) is 0 Å². The van der Waals surface area contributed by atoms with Crippen molar-refractivity contribution >= 4 is 11.8 Å². The van der Waals surface area contributed by atoms with Gasteiger partial charge in [-0.1, -0.05) is 19.9 Å². The van der Waals surface area contributed by atoms with E-state index in [9.17, 15) is 9.18 Å². The number of hydrogen-bond acceptors (Lipinski definition) is 5. The summed E-state index contributed by atoms with van der Waals surface area (Å²) in [5, 5.41) is 9.26. The first-order valence-electron chi connectivity index (χ1n) is 9.83. The molecule has 1 aromatic carbocycles. The summed E-state index contributed by atoms with van der Waals surface area (Å²) in [6.45, 7) is 11.8. The average Bonchev–Trinajstić information content (AvgIpc) is 2.59. The lowest BCUT2D eigenvalue weighted by molar-refractivity contribution is 0.0636.